The molecule has 0 unspecified atom stereocenters. The van der Waals surface area contributed by atoms with Gasteiger partial charge in [0.1, 0.15) is 6.61 Å². The Kier molecular flexibility index (Phi) is 37.0. The van der Waals surface area contributed by atoms with Gasteiger partial charge in [0.15, 0.2) is 0 Å². The summed E-state index contributed by atoms with van der Waals surface area (Å²) in [5, 5.41) is 11.4. The lowest BCUT2D eigenvalue weighted by molar-refractivity contribution is -0.151. The van der Waals surface area contributed by atoms with Crippen LogP contribution in [0.4, 0.5) is 0 Å². The zero-order chi connectivity index (χ0) is 34.3. The van der Waals surface area contributed by atoms with E-state index in [-0.39, 0.29) is 26.1 Å². The summed E-state index contributed by atoms with van der Waals surface area (Å²) in [6.45, 7) is 11.1. The van der Waals surface area contributed by atoms with Gasteiger partial charge in [-0.3, -0.25) is 9.59 Å². The van der Waals surface area contributed by atoms with Gasteiger partial charge in [0, 0.05) is 13.0 Å². The van der Waals surface area contributed by atoms with Crippen molar-refractivity contribution in [1.29, 1.82) is 0 Å². The van der Waals surface area contributed by atoms with E-state index < -0.39 is 17.7 Å². The average molecular weight is 688 g/mol. The van der Waals surface area contributed by atoms with Gasteiger partial charge in [0.25, 0.3) is 0 Å². The lowest BCUT2D eigenvalue weighted by Crippen LogP contribution is -2.17. The highest BCUT2D eigenvalue weighted by atomic mass is 16.6. The molecule has 0 aromatic heterocycles. The molecule has 0 atom stereocenters. The highest BCUT2D eigenvalue weighted by molar-refractivity contribution is 6.32. The number of hydrogen-bond acceptors (Lipinski definition) is 16. The molecule has 2 N–H and O–H groups in total. The number of carboxylic acids is 1. The second kappa shape index (κ2) is 38.6. The van der Waals surface area contributed by atoms with Gasteiger partial charge in [-0.05, 0) is 7.05 Å². The van der Waals surface area contributed by atoms with Crippen molar-refractivity contribution in [2.45, 2.75) is 12.8 Å². The van der Waals surface area contributed by atoms with Gasteiger partial charge in [-0.25, -0.2) is 4.79 Å². The van der Waals surface area contributed by atoms with Crippen LogP contribution in [0.2, 0.25) is 0 Å². The Morgan fingerprint density at radius 1 is 0.404 bits per heavy atom. The van der Waals surface area contributed by atoms with Gasteiger partial charge in [-0.15, -0.1) is 0 Å². The van der Waals surface area contributed by atoms with E-state index >= 15 is 0 Å². The lowest BCUT2D eigenvalue weighted by atomic mass is 10.2. The molecule has 0 bridgehead atoms. The minimum atomic E-state index is -1.56. The van der Waals surface area contributed by atoms with E-state index in [9.17, 15) is 14.4 Å². The molecule has 278 valence electrons. The van der Waals surface area contributed by atoms with Gasteiger partial charge in [-0.2, -0.15) is 0 Å². The number of nitrogens with one attached hydrogen (secondary N) is 1. The minimum absolute atomic E-state index is 0.0138. The summed E-state index contributed by atoms with van der Waals surface area (Å²) < 4.78 is 64.3. The Hall–Kier alpha value is -1.87. The number of aliphatic carboxylic acids is 1. The fraction of sp³-hybridized carbons (Fsp3) is 0.900. The predicted octanol–water partition coefficient (Wildman–Crippen LogP) is -0.634. The number of likely N-dealkylation sites (N-methyl/N-ethyl adjacent to an activating group) is 1. The number of hydrogen-bond donors (Lipinski definition) is 2. The maximum absolute atomic E-state index is 11.4. The Balaban J connectivity index is 3.11. The summed E-state index contributed by atoms with van der Waals surface area (Å²) in [5.74, 6) is -3.24. The fourth-order valence-electron chi connectivity index (χ4n) is 3.08. The van der Waals surface area contributed by atoms with Crippen molar-refractivity contribution in [2.24, 2.45) is 0 Å². The van der Waals surface area contributed by atoms with Crippen molar-refractivity contribution in [3.63, 3.8) is 0 Å². The molecule has 0 spiro atoms. The molecule has 0 rings (SSSR count). The number of Topliss-reactive ketones (excluding diaryl/α,β-unsaturated/α-hetero) is 1. The van der Waals surface area contributed by atoms with Crippen molar-refractivity contribution in [3.05, 3.63) is 0 Å². The van der Waals surface area contributed by atoms with Crippen LogP contribution in [0.1, 0.15) is 12.8 Å². The standard InChI is InChI=1S/C30H57NO16/c1-31-4-5-36-6-7-37-8-9-38-10-11-39-12-13-40-14-15-41-16-17-42-18-19-43-20-21-44-22-23-45-24-25-46-26-27-47-29(33)3-2-28(32)30(34)35/h31H,2-27H2,1H3,(H,34,35). The monoisotopic (exact) mass is 687 g/mol. The largest absolute Gasteiger partial charge is 0.476 e. The van der Waals surface area contributed by atoms with Gasteiger partial charge in [0.2, 0.25) is 5.78 Å². The van der Waals surface area contributed by atoms with Crippen molar-refractivity contribution >= 4 is 17.7 Å². The summed E-state index contributed by atoms with van der Waals surface area (Å²) in [7, 11) is 1.89. The third kappa shape index (κ3) is 38.5. The van der Waals surface area contributed by atoms with Gasteiger partial charge >= 0.3 is 11.9 Å². The van der Waals surface area contributed by atoms with Crippen molar-refractivity contribution in [3.8, 4) is 0 Å². The predicted molar refractivity (Wildman–Crippen MR) is 166 cm³/mol. The van der Waals surface area contributed by atoms with Crippen molar-refractivity contribution in [1.82, 2.24) is 5.32 Å². The molecule has 0 aliphatic carbocycles. The Morgan fingerprint density at radius 2 is 0.660 bits per heavy atom. The lowest BCUT2D eigenvalue weighted by Gasteiger charge is -2.09. The van der Waals surface area contributed by atoms with E-state index in [1.807, 2.05) is 7.05 Å². The molecule has 0 aromatic carbocycles. The van der Waals surface area contributed by atoms with Gasteiger partial charge in [0.05, 0.1) is 152 Å². The van der Waals surface area contributed by atoms with Gasteiger partial charge in [-0.1, -0.05) is 0 Å². The number of rotatable bonds is 40. The molecule has 0 aromatic rings. The molecule has 0 saturated heterocycles. The quantitative estimate of drug-likeness (QED) is 0.0469. The maximum Gasteiger partial charge on any atom is 0.372 e. The third-order valence-electron chi connectivity index (χ3n) is 5.50. The first kappa shape index (κ1) is 45.1. The van der Waals surface area contributed by atoms with Crippen LogP contribution < -0.4 is 5.32 Å². The highest BCUT2D eigenvalue weighted by Crippen LogP contribution is 1.95. The molecule has 0 aliphatic heterocycles. The van der Waals surface area contributed by atoms with E-state index in [0.29, 0.717) is 139 Å². The maximum atomic E-state index is 11.4. The minimum Gasteiger partial charge on any atom is -0.476 e. The summed E-state index contributed by atoms with van der Waals surface area (Å²) in [5.41, 5.74) is 0. The number of esters is 1. The summed E-state index contributed by atoms with van der Waals surface area (Å²) >= 11 is 0. The smallest absolute Gasteiger partial charge is 0.372 e. The first-order chi connectivity index (χ1) is 23.1. The van der Waals surface area contributed by atoms with Crippen LogP contribution >= 0.6 is 0 Å². The van der Waals surface area contributed by atoms with Crippen LogP contribution in [0.15, 0.2) is 0 Å². The number of ether oxygens (including phenoxy) is 12. The van der Waals surface area contributed by atoms with E-state index in [1.165, 1.54) is 0 Å². The first-order valence-corrected chi connectivity index (χ1v) is 16.0. The second-order valence-corrected chi connectivity index (χ2v) is 9.29. The molecule has 17 heteroatoms. The molecular formula is C30H57NO16. The van der Waals surface area contributed by atoms with Crippen LogP contribution in [-0.4, -0.2) is 188 Å². The third-order valence-corrected chi connectivity index (χ3v) is 5.50. The van der Waals surface area contributed by atoms with E-state index in [4.69, 9.17) is 61.9 Å². The SMILES string of the molecule is CNCCOCCOCCOCCOCCOCCOCCOCCOCCOCCOCCOCCOC(=O)CCC(=O)C(=O)O. The molecular weight excluding hydrogens is 630 g/mol. The van der Waals surface area contributed by atoms with Crippen LogP contribution in [0.3, 0.4) is 0 Å². The average Bonchev–Trinajstić information content (AvgIpc) is 3.06. The molecule has 0 radical (unpaired) electrons. The summed E-state index contributed by atoms with van der Waals surface area (Å²) in [4.78, 5) is 32.6. The Labute approximate surface area is 278 Å². The van der Waals surface area contributed by atoms with E-state index in [1.54, 1.807) is 0 Å². The first-order valence-electron chi connectivity index (χ1n) is 16.0. The molecule has 0 saturated carbocycles. The van der Waals surface area contributed by atoms with Crippen molar-refractivity contribution < 1.29 is 76.3 Å². The normalized spacial score (nSPS) is 11.3. The number of carboxylic acid groups (broad SMARTS) is 1. The summed E-state index contributed by atoms with van der Waals surface area (Å²) in [6, 6.07) is 0. The van der Waals surface area contributed by atoms with Crippen LogP contribution in [0.25, 0.3) is 0 Å². The van der Waals surface area contributed by atoms with Crippen LogP contribution in [0, 0.1) is 0 Å². The zero-order valence-electron chi connectivity index (χ0n) is 28.0. The number of carbonyl (C=O) groups is 3. The van der Waals surface area contributed by atoms with Crippen LogP contribution in [0.5, 0.6) is 0 Å². The highest BCUT2D eigenvalue weighted by Gasteiger charge is 2.14. The van der Waals surface area contributed by atoms with Gasteiger partial charge < -0.3 is 67.3 Å². The Morgan fingerprint density at radius 3 is 0.915 bits per heavy atom. The topological polar surface area (TPSA) is 194 Å². The molecule has 0 amide bonds. The zero-order valence-corrected chi connectivity index (χ0v) is 28.0. The molecule has 0 aliphatic rings. The fourth-order valence-corrected chi connectivity index (χ4v) is 3.08. The summed E-state index contributed by atoms with van der Waals surface area (Å²) in [6.07, 6.45) is -0.660. The van der Waals surface area contributed by atoms with E-state index in [2.05, 4.69) is 5.32 Å². The van der Waals surface area contributed by atoms with Crippen LogP contribution in [-0.2, 0) is 71.2 Å². The van der Waals surface area contributed by atoms with Crippen molar-refractivity contribution in [2.75, 3.05) is 166 Å². The molecule has 47 heavy (non-hydrogen) atoms. The second-order valence-electron chi connectivity index (χ2n) is 9.29. The number of ketones is 1. The van der Waals surface area contributed by atoms with E-state index in [0.717, 1.165) is 6.54 Å². The molecule has 0 fully saturated rings. The Bertz CT molecular complexity index is 703. The number of carbonyl (C=O) groups excluding carboxylic acids is 2. The molecule has 17 nitrogen and oxygen atoms in total. The molecule has 0 heterocycles.